The second-order valence-corrected chi connectivity index (χ2v) is 11.5. The summed E-state index contributed by atoms with van der Waals surface area (Å²) < 4.78 is 5.62. The minimum absolute atomic E-state index is 0. The van der Waals surface area contributed by atoms with Crippen LogP contribution in [-0.4, -0.2) is 90.3 Å². The van der Waals surface area contributed by atoms with Crippen molar-refractivity contribution < 1.29 is 19.4 Å². The molecule has 2 bridgehead atoms. The van der Waals surface area contributed by atoms with Crippen LogP contribution in [0.5, 0.6) is 0 Å². The number of benzene rings is 2. The Morgan fingerprint density at radius 2 is 1.77 bits per heavy atom. The molecule has 2 amide bonds. The molecule has 2 aromatic carbocycles. The Hall–Kier alpha value is -2.65. The summed E-state index contributed by atoms with van der Waals surface area (Å²) >= 11 is 0. The van der Waals surface area contributed by atoms with Gasteiger partial charge in [-0.3, -0.25) is 9.59 Å². The Bertz CT molecular complexity index is 1230. The number of halogens is 1. The number of carbonyl (C=O) groups excluding carboxylic acids is 2. The zero-order valence-electron chi connectivity index (χ0n) is 23.4. The van der Waals surface area contributed by atoms with Crippen molar-refractivity contribution in [3.63, 3.8) is 0 Å². The van der Waals surface area contributed by atoms with Crippen molar-refractivity contribution in [1.82, 2.24) is 15.1 Å². The molecule has 2 N–H and O–H groups in total. The summed E-state index contributed by atoms with van der Waals surface area (Å²) in [6.07, 6.45) is 4.13. The molecule has 2 unspecified atom stereocenters. The summed E-state index contributed by atoms with van der Waals surface area (Å²) in [5.41, 5.74) is 4.57. The number of aliphatic hydroxyl groups excluding tert-OH is 1. The molecule has 2 aromatic rings. The molecule has 0 aromatic heterocycles. The highest BCUT2D eigenvalue weighted by molar-refractivity contribution is 6.03. The molecule has 0 aliphatic carbocycles. The third kappa shape index (κ3) is 5.34. The zero-order chi connectivity index (χ0) is 27.1. The molecule has 0 radical (unpaired) electrons. The monoisotopic (exact) mass is 568 g/mol. The summed E-state index contributed by atoms with van der Waals surface area (Å²) in [7, 11) is 1.76. The number of anilines is 1. The molecule has 40 heavy (non-hydrogen) atoms. The SMILES string of the molecule is CCN1CCN(C[C@@H](O)[C@@H]2Cc3ccccc3CN2)C(=O)c2ccc(C(=O)N3C4CCC3CC(OC)C4)cc21.Cl. The molecular weight excluding hydrogens is 528 g/mol. The van der Waals surface area contributed by atoms with Gasteiger partial charge in [0.1, 0.15) is 0 Å². The van der Waals surface area contributed by atoms with E-state index >= 15 is 0 Å². The lowest BCUT2D eigenvalue weighted by Crippen LogP contribution is -2.50. The lowest BCUT2D eigenvalue weighted by molar-refractivity contribution is 0.00821. The Labute approximate surface area is 243 Å². The normalized spacial score (nSPS) is 26.5. The van der Waals surface area contributed by atoms with E-state index in [1.165, 1.54) is 11.1 Å². The number of ether oxygens (including phenoxy) is 1. The number of piperidine rings is 1. The van der Waals surface area contributed by atoms with E-state index < -0.39 is 6.10 Å². The fourth-order valence-electron chi connectivity index (χ4n) is 7.15. The topological polar surface area (TPSA) is 85.3 Å². The highest BCUT2D eigenvalue weighted by Crippen LogP contribution is 2.38. The van der Waals surface area contributed by atoms with Gasteiger partial charge in [-0.1, -0.05) is 24.3 Å². The smallest absolute Gasteiger partial charge is 0.256 e. The Morgan fingerprint density at radius 3 is 2.48 bits per heavy atom. The average molecular weight is 569 g/mol. The van der Waals surface area contributed by atoms with Crippen LogP contribution in [-0.2, 0) is 17.7 Å². The molecule has 9 heteroatoms. The first-order valence-electron chi connectivity index (χ1n) is 14.5. The molecule has 2 fully saturated rings. The molecular formula is C31H41ClN4O4. The molecule has 0 saturated carbocycles. The Kier molecular flexibility index (Phi) is 8.71. The van der Waals surface area contributed by atoms with Gasteiger partial charge in [-0.15, -0.1) is 12.4 Å². The standard InChI is InChI=1S/C31H40N4O4.ClH/c1-3-33-12-13-34(19-29(36)27-14-20-6-4-5-7-22(20)18-32-27)31(38)26-11-8-21(15-28(26)33)30(37)35-23-9-10-24(35)17-25(16-23)39-2;/h4-8,11,15,23-25,27,29,32,36H,3,9-10,12-14,16-19H2,1-2H3;1H/t23?,24?,25?,27-,29+;/m0./s1. The van der Waals surface area contributed by atoms with Crippen LogP contribution < -0.4 is 10.2 Å². The van der Waals surface area contributed by atoms with Gasteiger partial charge in [0.15, 0.2) is 0 Å². The Morgan fingerprint density at radius 1 is 1.07 bits per heavy atom. The third-order valence-electron chi connectivity index (χ3n) is 9.37. The number of rotatable bonds is 6. The molecule has 2 saturated heterocycles. The van der Waals surface area contributed by atoms with Gasteiger partial charge < -0.3 is 29.9 Å². The van der Waals surface area contributed by atoms with E-state index in [0.717, 1.165) is 50.9 Å². The van der Waals surface area contributed by atoms with Gasteiger partial charge in [-0.25, -0.2) is 0 Å². The molecule has 4 aliphatic heterocycles. The van der Waals surface area contributed by atoms with E-state index in [0.29, 0.717) is 24.2 Å². The van der Waals surface area contributed by atoms with Crippen molar-refractivity contribution in [2.45, 2.75) is 75.9 Å². The Balaban J connectivity index is 0.00000323. The van der Waals surface area contributed by atoms with E-state index in [1.54, 1.807) is 12.0 Å². The molecule has 4 atom stereocenters. The summed E-state index contributed by atoms with van der Waals surface area (Å²) in [5, 5.41) is 14.6. The van der Waals surface area contributed by atoms with Crippen LogP contribution in [0.25, 0.3) is 0 Å². The van der Waals surface area contributed by atoms with E-state index in [9.17, 15) is 14.7 Å². The molecule has 216 valence electrons. The highest BCUT2D eigenvalue weighted by atomic mass is 35.5. The summed E-state index contributed by atoms with van der Waals surface area (Å²) in [4.78, 5) is 33.5. The fourth-order valence-corrected chi connectivity index (χ4v) is 7.15. The lowest BCUT2D eigenvalue weighted by Gasteiger charge is -2.38. The number of β-amino-alcohol motifs (C(OH)–C–C–N with tert-alkyl or cyclic N) is 1. The van der Waals surface area contributed by atoms with Crippen LogP contribution in [0, 0.1) is 0 Å². The maximum absolute atomic E-state index is 13.7. The van der Waals surface area contributed by atoms with Gasteiger partial charge in [-0.2, -0.15) is 0 Å². The maximum Gasteiger partial charge on any atom is 0.256 e. The minimum atomic E-state index is -0.676. The van der Waals surface area contributed by atoms with Crippen molar-refractivity contribution in [3.8, 4) is 0 Å². The van der Waals surface area contributed by atoms with Gasteiger partial charge in [0.25, 0.3) is 11.8 Å². The molecule has 0 spiro atoms. The first-order chi connectivity index (χ1) is 19.0. The van der Waals surface area contributed by atoms with Crippen LogP contribution in [0.4, 0.5) is 5.69 Å². The van der Waals surface area contributed by atoms with Crippen LogP contribution >= 0.6 is 12.4 Å². The maximum atomic E-state index is 13.7. The number of likely N-dealkylation sites (N-methyl/N-ethyl adjacent to an activating group) is 1. The highest BCUT2D eigenvalue weighted by Gasteiger charge is 2.44. The summed E-state index contributed by atoms with van der Waals surface area (Å²) in [5.74, 6) is -0.0280. The average Bonchev–Trinajstić information content (AvgIpc) is 3.16. The van der Waals surface area contributed by atoms with Crippen LogP contribution in [0.1, 0.15) is 64.4 Å². The number of hydrogen-bond acceptors (Lipinski definition) is 6. The van der Waals surface area contributed by atoms with E-state index in [2.05, 4.69) is 34.2 Å². The molecule has 6 rings (SSSR count). The first-order valence-corrected chi connectivity index (χ1v) is 14.5. The first kappa shape index (κ1) is 28.9. The second kappa shape index (κ2) is 12.1. The number of carbonyl (C=O) groups is 2. The van der Waals surface area contributed by atoms with Crippen molar-refractivity contribution in [2.24, 2.45) is 0 Å². The third-order valence-corrected chi connectivity index (χ3v) is 9.37. The number of amides is 2. The quantitative estimate of drug-likeness (QED) is 0.556. The van der Waals surface area contributed by atoms with Gasteiger partial charge in [-0.05, 0) is 68.4 Å². The number of nitrogens with zero attached hydrogens (tertiary/aromatic N) is 3. The fraction of sp³-hybridized carbons (Fsp3) is 0.548. The van der Waals surface area contributed by atoms with Crippen molar-refractivity contribution in [2.75, 3.05) is 38.2 Å². The number of nitrogens with one attached hydrogen (secondary N) is 1. The van der Waals surface area contributed by atoms with E-state index in [1.807, 2.05) is 30.3 Å². The van der Waals surface area contributed by atoms with Gasteiger partial charge >= 0.3 is 0 Å². The van der Waals surface area contributed by atoms with Gasteiger partial charge in [0.2, 0.25) is 0 Å². The minimum Gasteiger partial charge on any atom is -0.390 e. The number of methoxy groups -OCH3 is 1. The van der Waals surface area contributed by atoms with Gasteiger partial charge in [0, 0.05) is 63.5 Å². The zero-order valence-corrected chi connectivity index (χ0v) is 24.2. The van der Waals surface area contributed by atoms with Crippen molar-refractivity contribution in [3.05, 3.63) is 64.7 Å². The van der Waals surface area contributed by atoms with Crippen LogP contribution in [0.2, 0.25) is 0 Å². The van der Waals surface area contributed by atoms with Crippen LogP contribution in [0.3, 0.4) is 0 Å². The van der Waals surface area contributed by atoms with Crippen molar-refractivity contribution in [1.29, 1.82) is 0 Å². The largest absolute Gasteiger partial charge is 0.390 e. The van der Waals surface area contributed by atoms with E-state index in [4.69, 9.17) is 4.74 Å². The lowest BCUT2D eigenvalue weighted by atomic mass is 9.92. The predicted octanol–water partition coefficient (Wildman–Crippen LogP) is 3.25. The number of hydrogen-bond donors (Lipinski definition) is 2. The number of aliphatic hydroxyl groups is 1. The second-order valence-electron chi connectivity index (χ2n) is 11.5. The van der Waals surface area contributed by atoms with Crippen molar-refractivity contribution >= 4 is 29.9 Å². The molecule has 4 heterocycles. The molecule has 8 nitrogen and oxygen atoms in total. The van der Waals surface area contributed by atoms with Crippen LogP contribution in [0.15, 0.2) is 42.5 Å². The van der Waals surface area contributed by atoms with Gasteiger partial charge in [0.05, 0.1) is 23.5 Å². The number of fused-ring (bicyclic) bond motifs is 4. The van der Waals surface area contributed by atoms with E-state index in [-0.39, 0.29) is 55.0 Å². The summed E-state index contributed by atoms with van der Waals surface area (Å²) in [6.45, 7) is 4.99. The summed E-state index contributed by atoms with van der Waals surface area (Å²) in [6, 6.07) is 14.2. The predicted molar refractivity (Wildman–Crippen MR) is 157 cm³/mol. The molecule has 4 aliphatic rings.